The zero-order chi connectivity index (χ0) is 15.0. The molecule has 18 heavy (non-hydrogen) atoms. The molecule has 108 valence electrons. The van der Waals surface area contributed by atoms with Crippen molar-refractivity contribution in [1.29, 1.82) is 0 Å². The highest BCUT2D eigenvalue weighted by Gasteiger charge is 2.81. The van der Waals surface area contributed by atoms with E-state index in [0.29, 0.717) is 0 Å². The second kappa shape index (κ2) is 4.65. The van der Waals surface area contributed by atoms with Crippen LogP contribution in [0.4, 0.5) is 39.5 Å². The highest BCUT2D eigenvalue weighted by Crippen LogP contribution is 2.54. The molecule has 0 atom stereocenters. The van der Waals surface area contributed by atoms with Gasteiger partial charge in [-0.3, -0.25) is 0 Å². The molecule has 0 aromatic rings. The van der Waals surface area contributed by atoms with Crippen molar-refractivity contribution in [3.8, 4) is 0 Å². The van der Waals surface area contributed by atoms with Crippen LogP contribution in [0, 0.1) is 0 Å². The van der Waals surface area contributed by atoms with Gasteiger partial charge in [0.25, 0.3) is 0 Å². The van der Waals surface area contributed by atoms with Gasteiger partial charge in [0.05, 0.1) is 0 Å². The number of halogens is 9. The number of alkyl halides is 9. The molecule has 0 heterocycles. The Bertz CT molecular complexity index is 323. The normalized spacial score (nSPS) is 16.1. The number of hydrogen-bond donors (Lipinski definition) is 0. The molecule has 0 aromatic heterocycles. The molecule has 0 saturated heterocycles. The summed E-state index contributed by atoms with van der Waals surface area (Å²) in [6.07, 6.45) is -7.73. The van der Waals surface area contributed by atoms with Crippen molar-refractivity contribution in [2.24, 2.45) is 0 Å². The van der Waals surface area contributed by atoms with Gasteiger partial charge in [-0.05, 0) is 13.8 Å². The van der Waals surface area contributed by atoms with E-state index in [0.717, 1.165) is 19.9 Å². The maximum Gasteiger partial charge on any atom is 0.460 e. The molecule has 0 spiro atoms. The fraction of sp³-hybridized carbons (Fsp3) is 0.778. The third kappa shape index (κ3) is 2.74. The second-order valence-corrected chi connectivity index (χ2v) is 3.66. The average Bonchev–Trinajstić information content (AvgIpc) is 2.14. The van der Waals surface area contributed by atoms with Crippen LogP contribution in [-0.4, -0.2) is 23.9 Å². The molecule has 0 aromatic carbocycles. The van der Waals surface area contributed by atoms with E-state index in [1.807, 2.05) is 0 Å². The molecule has 0 aliphatic heterocycles. The van der Waals surface area contributed by atoms with Gasteiger partial charge in [0.15, 0.2) is 0 Å². The van der Waals surface area contributed by atoms with Crippen molar-refractivity contribution < 1.29 is 39.5 Å². The molecule has 0 nitrogen and oxygen atoms in total. The van der Waals surface area contributed by atoms with Crippen LogP contribution in [0.2, 0.25) is 0 Å². The monoisotopic (exact) mass is 288 g/mol. The maximum atomic E-state index is 12.9. The second-order valence-electron chi connectivity index (χ2n) is 3.66. The first kappa shape index (κ1) is 17.1. The molecule has 0 rings (SSSR count). The first-order valence-corrected chi connectivity index (χ1v) is 4.52. The molecule has 0 unspecified atom stereocenters. The fourth-order valence-corrected chi connectivity index (χ4v) is 0.971. The Morgan fingerprint density at radius 2 is 1.22 bits per heavy atom. The molecular weight excluding hydrogens is 279 g/mol. The molecule has 0 aliphatic carbocycles. The SMILES string of the molecule is CC=C(C)CC(F)(F)C(F)(F)C(F)(F)C(F)(F)F. The summed E-state index contributed by atoms with van der Waals surface area (Å²) in [6.45, 7) is 2.07. The Hall–Kier alpha value is -0.890. The van der Waals surface area contributed by atoms with Crippen LogP contribution in [0.25, 0.3) is 0 Å². The van der Waals surface area contributed by atoms with Gasteiger partial charge in [-0.25, -0.2) is 0 Å². The van der Waals surface area contributed by atoms with Crippen LogP contribution in [0.5, 0.6) is 0 Å². The van der Waals surface area contributed by atoms with E-state index in [9.17, 15) is 39.5 Å². The lowest BCUT2D eigenvalue weighted by Gasteiger charge is -2.33. The van der Waals surface area contributed by atoms with E-state index in [-0.39, 0.29) is 0 Å². The van der Waals surface area contributed by atoms with Gasteiger partial charge < -0.3 is 0 Å². The Morgan fingerprint density at radius 3 is 1.50 bits per heavy atom. The molecule has 0 radical (unpaired) electrons. The molecule has 0 aliphatic rings. The lowest BCUT2D eigenvalue weighted by Crippen LogP contribution is -2.60. The van der Waals surface area contributed by atoms with Gasteiger partial charge in [-0.15, -0.1) is 0 Å². The van der Waals surface area contributed by atoms with E-state index in [4.69, 9.17) is 0 Å². The molecule has 0 N–H and O–H groups in total. The van der Waals surface area contributed by atoms with E-state index >= 15 is 0 Å². The highest BCUT2D eigenvalue weighted by atomic mass is 19.4. The molecule has 0 amide bonds. The summed E-state index contributed by atoms with van der Waals surface area (Å²) >= 11 is 0. The predicted molar refractivity (Wildman–Crippen MR) is 44.9 cm³/mol. The predicted octanol–water partition coefficient (Wildman–Crippen LogP) is 4.81. The fourth-order valence-electron chi connectivity index (χ4n) is 0.971. The van der Waals surface area contributed by atoms with Crippen LogP contribution < -0.4 is 0 Å². The lowest BCUT2D eigenvalue weighted by atomic mass is 9.97. The zero-order valence-corrected chi connectivity index (χ0v) is 9.19. The Labute approximate surface area is 96.5 Å². The molecule has 0 fully saturated rings. The van der Waals surface area contributed by atoms with Gasteiger partial charge in [-0.1, -0.05) is 11.6 Å². The zero-order valence-electron chi connectivity index (χ0n) is 9.19. The van der Waals surface area contributed by atoms with Crippen LogP contribution in [0.3, 0.4) is 0 Å². The first-order chi connectivity index (χ1) is 7.70. The summed E-state index contributed by atoms with van der Waals surface area (Å²) in [6, 6.07) is 0. The minimum atomic E-state index is -6.81. The summed E-state index contributed by atoms with van der Waals surface area (Å²) < 4.78 is 111. The third-order valence-corrected chi connectivity index (χ3v) is 2.20. The highest BCUT2D eigenvalue weighted by molar-refractivity contribution is 5.08. The van der Waals surface area contributed by atoms with Crippen LogP contribution >= 0.6 is 0 Å². The van der Waals surface area contributed by atoms with Gasteiger partial charge in [0.2, 0.25) is 0 Å². The van der Waals surface area contributed by atoms with Crippen molar-refractivity contribution in [3.05, 3.63) is 11.6 Å². The third-order valence-electron chi connectivity index (χ3n) is 2.20. The van der Waals surface area contributed by atoms with Crippen LogP contribution in [0.15, 0.2) is 11.6 Å². The quantitative estimate of drug-likeness (QED) is 0.514. The van der Waals surface area contributed by atoms with Crippen molar-refractivity contribution in [2.45, 2.75) is 44.2 Å². The Kier molecular flexibility index (Phi) is 4.42. The Morgan fingerprint density at radius 1 is 0.833 bits per heavy atom. The van der Waals surface area contributed by atoms with Crippen molar-refractivity contribution in [3.63, 3.8) is 0 Å². The molecule has 9 heteroatoms. The molecular formula is C9H9F9. The van der Waals surface area contributed by atoms with Gasteiger partial charge in [-0.2, -0.15) is 39.5 Å². The van der Waals surface area contributed by atoms with E-state index < -0.39 is 35.9 Å². The van der Waals surface area contributed by atoms with Crippen molar-refractivity contribution in [2.75, 3.05) is 0 Å². The topological polar surface area (TPSA) is 0 Å². The van der Waals surface area contributed by atoms with Crippen molar-refractivity contribution in [1.82, 2.24) is 0 Å². The number of allylic oxidation sites excluding steroid dienone is 2. The van der Waals surface area contributed by atoms with E-state index in [1.54, 1.807) is 0 Å². The largest absolute Gasteiger partial charge is 0.460 e. The summed E-state index contributed by atoms with van der Waals surface area (Å²) in [5.41, 5.74) is -0.433. The van der Waals surface area contributed by atoms with E-state index in [1.165, 1.54) is 0 Å². The summed E-state index contributed by atoms with van der Waals surface area (Å²) in [4.78, 5) is 0. The smallest absolute Gasteiger partial charge is 0.199 e. The van der Waals surface area contributed by atoms with E-state index in [2.05, 4.69) is 0 Å². The summed E-state index contributed by atoms with van der Waals surface area (Å²) in [7, 11) is 0. The molecule has 0 bridgehead atoms. The summed E-state index contributed by atoms with van der Waals surface area (Å²) in [5, 5.41) is 0. The summed E-state index contributed by atoms with van der Waals surface area (Å²) in [5.74, 6) is -18.8. The van der Waals surface area contributed by atoms with Crippen molar-refractivity contribution >= 4 is 0 Å². The van der Waals surface area contributed by atoms with Gasteiger partial charge in [0, 0.05) is 6.42 Å². The number of hydrogen-bond acceptors (Lipinski definition) is 0. The minimum absolute atomic E-state index is 0.433. The average molecular weight is 288 g/mol. The number of rotatable bonds is 4. The minimum Gasteiger partial charge on any atom is -0.199 e. The lowest BCUT2D eigenvalue weighted by molar-refractivity contribution is -0.395. The van der Waals surface area contributed by atoms with Gasteiger partial charge in [0.1, 0.15) is 0 Å². The maximum absolute atomic E-state index is 12.9. The molecule has 0 saturated carbocycles. The van der Waals surface area contributed by atoms with Crippen LogP contribution in [-0.2, 0) is 0 Å². The first-order valence-electron chi connectivity index (χ1n) is 4.52. The Balaban J connectivity index is 5.50. The van der Waals surface area contributed by atoms with Crippen LogP contribution in [0.1, 0.15) is 20.3 Å². The van der Waals surface area contributed by atoms with Gasteiger partial charge >= 0.3 is 23.9 Å². The standard InChI is InChI=1S/C9H9F9/c1-3-5(2)4-6(10,11)7(12,13)8(14,15)9(16,17)18/h3H,4H2,1-2H3.